The van der Waals surface area contributed by atoms with Crippen LogP contribution in [-0.4, -0.2) is 6.54 Å². The first-order valence-corrected chi connectivity index (χ1v) is 9.18. The van der Waals surface area contributed by atoms with E-state index in [-0.39, 0.29) is 6.04 Å². The van der Waals surface area contributed by atoms with Crippen LogP contribution in [0, 0.1) is 13.8 Å². The quantitative estimate of drug-likeness (QED) is 0.632. The van der Waals surface area contributed by atoms with Gasteiger partial charge in [0.05, 0.1) is 6.04 Å². The molecule has 0 bridgehead atoms. The fourth-order valence-corrected chi connectivity index (χ4v) is 4.23. The molecule has 1 aromatic heterocycles. The van der Waals surface area contributed by atoms with Gasteiger partial charge in [-0.25, -0.2) is 0 Å². The van der Waals surface area contributed by atoms with Gasteiger partial charge in [0.25, 0.3) is 0 Å². The van der Waals surface area contributed by atoms with E-state index in [4.69, 9.17) is 0 Å². The predicted molar refractivity (Wildman–Crippen MR) is 95.8 cm³/mol. The van der Waals surface area contributed by atoms with Crippen LogP contribution in [0.3, 0.4) is 0 Å². The topological polar surface area (TPSA) is 12.0 Å². The van der Waals surface area contributed by atoms with Crippen molar-refractivity contribution < 1.29 is 0 Å². The predicted octanol–water partition coefficient (Wildman–Crippen LogP) is 5.98. The first-order valence-electron chi connectivity index (χ1n) is 6.78. The van der Waals surface area contributed by atoms with Crippen LogP contribution in [0.4, 0.5) is 0 Å². The van der Waals surface area contributed by atoms with Crippen LogP contribution >= 0.6 is 43.2 Å². The highest BCUT2D eigenvalue weighted by Crippen LogP contribution is 2.35. The molecule has 2 aromatic rings. The summed E-state index contributed by atoms with van der Waals surface area (Å²) in [6.07, 6.45) is 1.13. The first kappa shape index (κ1) is 16.2. The summed E-state index contributed by atoms with van der Waals surface area (Å²) in [5.74, 6) is 0. The molecule has 0 saturated heterocycles. The zero-order chi connectivity index (χ0) is 14.7. The third-order valence-electron chi connectivity index (χ3n) is 3.31. The smallest absolute Gasteiger partial charge is 0.0674 e. The van der Waals surface area contributed by atoms with Gasteiger partial charge in [-0.1, -0.05) is 28.9 Å². The molecule has 4 heteroatoms. The molecule has 1 heterocycles. The molecule has 0 saturated carbocycles. The Hall–Kier alpha value is -0.160. The Balaban J connectivity index is 2.43. The highest BCUT2D eigenvalue weighted by atomic mass is 79.9. The van der Waals surface area contributed by atoms with Gasteiger partial charge in [-0.3, -0.25) is 0 Å². The lowest BCUT2D eigenvalue weighted by Gasteiger charge is -2.20. The number of halogens is 2. The van der Waals surface area contributed by atoms with Gasteiger partial charge in [-0.15, -0.1) is 11.3 Å². The van der Waals surface area contributed by atoms with Crippen molar-refractivity contribution in [3.05, 3.63) is 54.1 Å². The van der Waals surface area contributed by atoms with Gasteiger partial charge in [0.1, 0.15) is 0 Å². The number of aryl methyl sites for hydroxylation is 2. The Kier molecular flexibility index (Phi) is 5.84. The fourth-order valence-electron chi connectivity index (χ4n) is 2.20. The van der Waals surface area contributed by atoms with Crippen molar-refractivity contribution in [3.63, 3.8) is 0 Å². The summed E-state index contributed by atoms with van der Waals surface area (Å²) in [7, 11) is 0. The standard InChI is InChI=1S/C16H19Br2NS/c1-4-7-19-16(15-9-14(18)11(3)20-15)13-8-12(17)6-5-10(13)2/h5-6,8-9,16,19H,4,7H2,1-3H3. The molecule has 1 aromatic carbocycles. The fraction of sp³-hybridized carbons (Fsp3) is 0.375. The van der Waals surface area contributed by atoms with Crippen molar-refractivity contribution in [2.24, 2.45) is 0 Å². The lowest BCUT2D eigenvalue weighted by Crippen LogP contribution is -2.23. The van der Waals surface area contributed by atoms with E-state index in [1.165, 1.54) is 25.4 Å². The van der Waals surface area contributed by atoms with Crippen LogP contribution in [0.2, 0.25) is 0 Å². The zero-order valence-corrected chi connectivity index (χ0v) is 16.0. The van der Waals surface area contributed by atoms with Crippen molar-refractivity contribution in [2.75, 3.05) is 6.54 Å². The van der Waals surface area contributed by atoms with E-state index in [1.807, 2.05) is 11.3 Å². The van der Waals surface area contributed by atoms with E-state index in [0.717, 1.165) is 17.4 Å². The van der Waals surface area contributed by atoms with E-state index >= 15 is 0 Å². The molecule has 1 unspecified atom stereocenters. The number of nitrogens with one attached hydrogen (secondary N) is 1. The molecule has 0 aliphatic heterocycles. The summed E-state index contributed by atoms with van der Waals surface area (Å²) in [6, 6.07) is 9.02. The Bertz CT molecular complexity index is 573. The molecule has 0 fully saturated rings. The number of benzene rings is 1. The molecule has 20 heavy (non-hydrogen) atoms. The van der Waals surface area contributed by atoms with Gasteiger partial charge >= 0.3 is 0 Å². The maximum Gasteiger partial charge on any atom is 0.0674 e. The summed E-state index contributed by atoms with van der Waals surface area (Å²) in [5.41, 5.74) is 2.67. The molecular formula is C16H19Br2NS. The second-order valence-corrected chi connectivity index (χ2v) is 8.00. The molecule has 0 radical (unpaired) electrons. The minimum absolute atomic E-state index is 0.266. The minimum Gasteiger partial charge on any atom is -0.306 e. The summed E-state index contributed by atoms with van der Waals surface area (Å²) < 4.78 is 2.34. The second-order valence-electron chi connectivity index (χ2n) is 4.94. The van der Waals surface area contributed by atoms with E-state index in [9.17, 15) is 0 Å². The summed E-state index contributed by atoms with van der Waals surface area (Å²) in [4.78, 5) is 2.69. The van der Waals surface area contributed by atoms with Crippen molar-refractivity contribution in [2.45, 2.75) is 33.2 Å². The van der Waals surface area contributed by atoms with Crippen LogP contribution in [-0.2, 0) is 0 Å². The van der Waals surface area contributed by atoms with Gasteiger partial charge < -0.3 is 5.32 Å². The Labute approximate surface area is 142 Å². The second kappa shape index (κ2) is 7.21. The first-order chi connectivity index (χ1) is 9.52. The third-order valence-corrected chi connectivity index (χ3v) is 6.01. The van der Waals surface area contributed by atoms with Crippen LogP contribution in [0.15, 0.2) is 33.2 Å². The summed E-state index contributed by atoms with van der Waals surface area (Å²) in [6.45, 7) is 7.55. The normalized spacial score (nSPS) is 12.7. The third kappa shape index (κ3) is 3.73. The van der Waals surface area contributed by atoms with Crippen molar-refractivity contribution in [1.82, 2.24) is 5.32 Å². The van der Waals surface area contributed by atoms with E-state index in [0.29, 0.717) is 0 Å². The van der Waals surface area contributed by atoms with Gasteiger partial charge in [0.2, 0.25) is 0 Å². The van der Waals surface area contributed by atoms with Crippen LogP contribution in [0.25, 0.3) is 0 Å². The van der Waals surface area contributed by atoms with Crippen LogP contribution < -0.4 is 5.32 Å². The highest BCUT2D eigenvalue weighted by Gasteiger charge is 2.18. The van der Waals surface area contributed by atoms with Gasteiger partial charge in [-0.2, -0.15) is 0 Å². The van der Waals surface area contributed by atoms with E-state index in [1.54, 1.807) is 0 Å². The SMILES string of the molecule is CCCNC(c1cc(Br)c(C)s1)c1cc(Br)ccc1C. The molecule has 1 nitrogen and oxygen atoms in total. The number of hydrogen-bond donors (Lipinski definition) is 1. The minimum atomic E-state index is 0.266. The zero-order valence-electron chi connectivity index (χ0n) is 12.0. The monoisotopic (exact) mass is 415 g/mol. The lowest BCUT2D eigenvalue weighted by atomic mass is 10.00. The van der Waals surface area contributed by atoms with E-state index in [2.05, 4.69) is 82.2 Å². The average molecular weight is 417 g/mol. The Morgan fingerprint density at radius 1 is 1.20 bits per heavy atom. The summed E-state index contributed by atoms with van der Waals surface area (Å²) >= 11 is 9.08. The van der Waals surface area contributed by atoms with Crippen molar-refractivity contribution in [3.8, 4) is 0 Å². The molecule has 1 N–H and O–H groups in total. The Morgan fingerprint density at radius 2 is 1.95 bits per heavy atom. The molecule has 0 amide bonds. The number of rotatable bonds is 5. The molecule has 1 atom stereocenters. The Morgan fingerprint density at radius 3 is 2.55 bits per heavy atom. The van der Waals surface area contributed by atoms with Gasteiger partial charge in [0, 0.05) is 18.7 Å². The van der Waals surface area contributed by atoms with Crippen LogP contribution in [0.1, 0.15) is 40.3 Å². The maximum atomic E-state index is 3.68. The molecule has 0 aliphatic rings. The molecule has 108 valence electrons. The summed E-state index contributed by atoms with van der Waals surface area (Å²) in [5, 5.41) is 3.68. The number of thiophene rings is 1. The maximum absolute atomic E-state index is 3.68. The van der Waals surface area contributed by atoms with Gasteiger partial charge in [-0.05, 0) is 72.1 Å². The van der Waals surface area contributed by atoms with E-state index < -0.39 is 0 Å². The molecule has 0 aliphatic carbocycles. The van der Waals surface area contributed by atoms with Crippen LogP contribution in [0.5, 0.6) is 0 Å². The molecule has 2 rings (SSSR count). The highest BCUT2D eigenvalue weighted by molar-refractivity contribution is 9.10. The largest absolute Gasteiger partial charge is 0.306 e. The molecular weight excluding hydrogens is 398 g/mol. The van der Waals surface area contributed by atoms with Gasteiger partial charge in [0.15, 0.2) is 0 Å². The molecule has 0 spiro atoms. The lowest BCUT2D eigenvalue weighted by molar-refractivity contribution is 0.603. The van der Waals surface area contributed by atoms with Crippen molar-refractivity contribution in [1.29, 1.82) is 0 Å². The average Bonchev–Trinajstić information content (AvgIpc) is 2.74. The van der Waals surface area contributed by atoms with Crippen molar-refractivity contribution >= 4 is 43.2 Å². The number of hydrogen-bond acceptors (Lipinski definition) is 2.